The second kappa shape index (κ2) is 71.3. The second-order valence-electron chi connectivity index (χ2n) is 24.5. The number of hydrogen-bond donors (Lipinski definition) is 0. The molecule has 482 valence electrons. The first-order valence-corrected chi connectivity index (χ1v) is 36.4. The standard InChI is InChI=1S/C77H138O6/c1-4-7-10-13-16-19-22-25-28-31-34-37-38-41-43-46-49-52-55-58-61-64-67-70-76(79)82-73-74(83-77(80)71-68-65-62-59-56-53-50-47-44-40-36-33-30-27-24-21-18-15-12-9-6-3)72-81-75(78)69-66-63-60-57-54-51-48-45-42-39-35-32-29-26-23-20-17-14-11-8-5-2/h9,12,18,21,27,30-32,34-36,40,74H,4-8,10-11,13-17,19-20,22-26,28-29,33,37-39,41-73H2,1-3H3/b12-9-,21-18-,30-27-,34-31-,35-32-,40-36-. The van der Waals surface area contributed by atoms with Gasteiger partial charge in [-0.1, -0.05) is 325 Å². The molecule has 1 unspecified atom stereocenters. The van der Waals surface area contributed by atoms with E-state index in [4.69, 9.17) is 14.2 Å². The van der Waals surface area contributed by atoms with Crippen LogP contribution in [0.4, 0.5) is 0 Å². The third-order valence-corrected chi connectivity index (χ3v) is 16.2. The number of hydrogen-bond acceptors (Lipinski definition) is 6. The molecule has 0 aliphatic carbocycles. The van der Waals surface area contributed by atoms with Crippen molar-refractivity contribution in [2.24, 2.45) is 0 Å². The Hall–Kier alpha value is -3.15. The molecule has 0 fully saturated rings. The average Bonchev–Trinajstić information content (AvgIpc) is 3.49. The van der Waals surface area contributed by atoms with Crippen LogP contribution in [-0.2, 0) is 28.6 Å². The number of carbonyl (C=O) groups excluding carboxylic acids is 3. The fraction of sp³-hybridized carbons (Fsp3) is 0.805. The van der Waals surface area contributed by atoms with Gasteiger partial charge in [-0.05, 0) is 109 Å². The highest BCUT2D eigenvalue weighted by Crippen LogP contribution is 2.18. The summed E-state index contributed by atoms with van der Waals surface area (Å²) in [6.07, 6.45) is 93.5. The summed E-state index contributed by atoms with van der Waals surface area (Å²) in [6.45, 7) is 6.58. The van der Waals surface area contributed by atoms with E-state index in [2.05, 4.69) is 93.7 Å². The molecule has 0 aromatic rings. The van der Waals surface area contributed by atoms with E-state index >= 15 is 0 Å². The Bertz CT molecular complexity index is 1520. The predicted molar refractivity (Wildman–Crippen MR) is 362 cm³/mol. The Balaban J connectivity index is 4.36. The molecule has 0 amide bonds. The number of carbonyl (C=O) groups is 3. The van der Waals surface area contributed by atoms with Gasteiger partial charge >= 0.3 is 17.9 Å². The van der Waals surface area contributed by atoms with E-state index in [1.54, 1.807) is 0 Å². The minimum atomic E-state index is -0.783. The molecule has 1 atom stereocenters. The highest BCUT2D eigenvalue weighted by molar-refractivity contribution is 5.71. The lowest BCUT2D eigenvalue weighted by Crippen LogP contribution is -2.30. The molecule has 0 aliphatic rings. The summed E-state index contributed by atoms with van der Waals surface area (Å²) in [4.78, 5) is 38.5. The maximum Gasteiger partial charge on any atom is 0.306 e. The van der Waals surface area contributed by atoms with Crippen molar-refractivity contribution in [3.05, 3.63) is 72.9 Å². The zero-order valence-electron chi connectivity index (χ0n) is 55.5. The zero-order valence-corrected chi connectivity index (χ0v) is 55.5. The largest absolute Gasteiger partial charge is 0.462 e. The fourth-order valence-corrected chi connectivity index (χ4v) is 10.7. The van der Waals surface area contributed by atoms with Crippen LogP contribution in [0.5, 0.6) is 0 Å². The molecular formula is C77H138O6. The highest BCUT2D eigenvalue weighted by Gasteiger charge is 2.19. The molecule has 0 N–H and O–H groups in total. The topological polar surface area (TPSA) is 78.9 Å². The van der Waals surface area contributed by atoms with E-state index in [-0.39, 0.29) is 31.1 Å². The van der Waals surface area contributed by atoms with Gasteiger partial charge in [0.15, 0.2) is 6.10 Å². The van der Waals surface area contributed by atoms with E-state index in [0.29, 0.717) is 19.3 Å². The van der Waals surface area contributed by atoms with Crippen molar-refractivity contribution in [3.63, 3.8) is 0 Å². The zero-order chi connectivity index (χ0) is 59.9. The summed E-state index contributed by atoms with van der Waals surface area (Å²) in [5.74, 6) is -0.865. The van der Waals surface area contributed by atoms with Crippen LogP contribution in [0.1, 0.15) is 380 Å². The van der Waals surface area contributed by atoms with Crippen LogP contribution < -0.4 is 0 Å². The lowest BCUT2D eigenvalue weighted by atomic mass is 10.0. The van der Waals surface area contributed by atoms with Gasteiger partial charge in [0.25, 0.3) is 0 Å². The van der Waals surface area contributed by atoms with Gasteiger partial charge in [-0.3, -0.25) is 14.4 Å². The van der Waals surface area contributed by atoms with Gasteiger partial charge in [-0.25, -0.2) is 0 Å². The summed E-state index contributed by atoms with van der Waals surface area (Å²) in [5, 5.41) is 0. The van der Waals surface area contributed by atoms with Gasteiger partial charge in [0.05, 0.1) is 0 Å². The maximum atomic E-state index is 13.0. The molecule has 6 heteroatoms. The molecule has 6 nitrogen and oxygen atoms in total. The van der Waals surface area contributed by atoms with Crippen LogP contribution in [0.15, 0.2) is 72.9 Å². The Labute approximate surface area is 516 Å². The van der Waals surface area contributed by atoms with Crippen molar-refractivity contribution in [3.8, 4) is 0 Å². The van der Waals surface area contributed by atoms with Crippen molar-refractivity contribution in [1.82, 2.24) is 0 Å². The minimum absolute atomic E-state index is 0.0771. The van der Waals surface area contributed by atoms with E-state index in [9.17, 15) is 14.4 Å². The molecule has 0 saturated carbocycles. The monoisotopic (exact) mass is 1160 g/mol. The summed E-state index contributed by atoms with van der Waals surface area (Å²) < 4.78 is 17.0. The normalized spacial score (nSPS) is 12.5. The van der Waals surface area contributed by atoms with E-state index in [1.807, 2.05) is 0 Å². The first-order chi connectivity index (χ1) is 41.0. The Morgan fingerprint density at radius 1 is 0.253 bits per heavy atom. The molecule has 0 spiro atoms. The molecule has 0 radical (unpaired) electrons. The van der Waals surface area contributed by atoms with Gasteiger partial charge < -0.3 is 14.2 Å². The minimum Gasteiger partial charge on any atom is -0.462 e. The van der Waals surface area contributed by atoms with Gasteiger partial charge in [-0.15, -0.1) is 0 Å². The van der Waals surface area contributed by atoms with Gasteiger partial charge in [0.2, 0.25) is 0 Å². The van der Waals surface area contributed by atoms with Crippen molar-refractivity contribution in [2.45, 2.75) is 386 Å². The predicted octanol–water partition coefficient (Wildman–Crippen LogP) is 25.2. The molecule has 0 aromatic carbocycles. The van der Waals surface area contributed by atoms with Crippen LogP contribution >= 0.6 is 0 Å². The van der Waals surface area contributed by atoms with Crippen molar-refractivity contribution < 1.29 is 28.6 Å². The molecule has 83 heavy (non-hydrogen) atoms. The van der Waals surface area contributed by atoms with Gasteiger partial charge in [0, 0.05) is 19.3 Å². The Kier molecular flexibility index (Phi) is 68.6. The van der Waals surface area contributed by atoms with E-state index < -0.39 is 6.10 Å². The third-order valence-electron chi connectivity index (χ3n) is 16.2. The summed E-state index contributed by atoms with van der Waals surface area (Å²) in [6, 6.07) is 0. The van der Waals surface area contributed by atoms with Crippen molar-refractivity contribution in [1.29, 1.82) is 0 Å². The molecular weight excluding hydrogens is 1020 g/mol. The summed E-state index contributed by atoms with van der Waals surface area (Å²) in [5.41, 5.74) is 0. The molecule has 0 heterocycles. The number of allylic oxidation sites excluding steroid dienone is 12. The molecule has 0 saturated heterocycles. The third kappa shape index (κ3) is 69.5. The van der Waals surface area contributed by atoms with Crippen LogP contribution in [0, 0.1) is 0 Å². The fourth-order valence-electron chi connectivity index (χ4n) is 10.7. The van der Waals surface area contributed by atoms with Crippen LogP contribution in [0.2, 0.25) is 0 Å². The van der Waals surface area contributed by atoms with Crippen LogP contribution in [0.3, 0.4) is 0 Å². The number of ether oxygens (including phenoxy) is 3. The number of unbranched alkanes of at least 4 members (excludes halogenated alkanes) is 44. The van der Waals surface area contributed by atoms with Crippen LogP contribution in [0.25, 0.3) is 0 Å². The number of esters is 3. The number of rotatable bonds is 67. The van der Waals surface area contributed by atoms with Crippen molar-refractivity contribution >= 4 is 17.9 Å². The van der Waals surface area contributed by atoms with Crippen LogP contribution in [-0.4, -0.2) is 37.2 Å². The molecule has 0 bridgehead atoms. The Morgan fingerprint density at radius 3 is 0.747 bits per heavy atom. The smallest absolute Gasteiger partial charge is 0.306 e. The summed E-state index contributed by atoms with van der Waals surface area (Å²) in [7, 11) is 0. The van der Waals surface area contributed by atoms with Gasteiger partial charge in [-0.2, -0.15) is 0 Å². The average molecular weight is 1160 g/mol. The Morgan fingerprint density at radius 2 is 0.470 bits per heavy atom. The van der Waals surface area contributed by atoms with E-state index in [0.717, 1.165) is 89.9 Å². The lowest BCUT2D eigenvalue weighted by Gasteiger charge is -2.18. The molecule has 0 aromatic heterocycles. The first-order valence-electron chi connectivity index (χ1n) is 36.4. The quantitative estimate of drug-likeness (QED) is 0.0261. The molecule has 0 rings (SSSR count). The van der Waals surface area contributed by atoms with Crippen molar-refractivity contribution in [2.75, 3.05) is 13.2 Å². The molecule has 0 aliphatic heterocycles. The van der Waals surface area contributed by atoms with E-state index in [1.165, 1.54) is 250 Å². The lowest BCUT2D eigenvalue weighted by molar-refractivity contribution is -0.167. The maximum absolute atomic E-state index is 13.0. The SMILES string of the molecule is CC/C=C\C/C=C\C/C=C\C/C=C\CCCCCCCCCCC(=O)OC(COC(=O)CCCCCCCCCCC/C=C\CCCCCCCCCC)COC(=O)CCCCCCCCCCCCC/C=C\CCCCCCCCCC. The highest BCUT2D eigenvalue weighted by atomic mass is 16.6. The second-order valence-corrected chi connectivity index (χ2v) is 24.5. The summed E-state index contributed by atoms with van der Waals surface area (Å²) >= 11 is 0. The van der Waals surface area contributed by atoms with Gasteiger partial charge in [0.1, 0.15) is 13.2 Å². The first kappa shape index (κ1) is 79.8.